The van der Waals surface area contributed by atoms with Gasteiger partial charge in [-0.2, -0.15) is 0 Å². The van der Waals surface area contributed by atoms with Crippen molar-refractivity contribution in [2.24, 2.45) is 11.3 Å². The maximum absolute atomic E-state index is 5.86. The maximum Gasteiger partial charge on any atom is 0.109 e. The van der Waals surface area contributed by atoms with Crippen LogP contribution >= 0.6 is 0 Å². The second kappa shape index (κ2) is 6.10. The van der Waals surface area contributed by atoms with E-state index >= 15 is 0 Å². The quantitative estimate of drug-likeness (QED) is 0.800. The van der Waals surface area contributed by atoms with Crippen LogP contribution in [0.5, 0.6) is 0 Å². The van der Waals surface area contributed by atoms with Crippen LogP contribution in [0.3, 0.4) is 0 Å². The number of rotatable bonds is 5. The van der Waals surface area contributed by atoms with Crippen molar-refractivity contribution in [1.29, 1.82) is 0 Å². The van der Waals surface area contributed by atoms with Crippen LogP contribution in [-0.4, -0.2) is 19.2 Å². The van der Waals surface area contributed by atoms with Crippen molar-refractivity contribution in [3.63, 3.8) is 0 Å². The Hall–Kier alpha value is -0.500. The highest BCUT2D eigenvalue weighted by Crippen LogP contribution is 2.44. The van der Waals surface area contributed by atoms with E-state index < -0.39 is 0 Å². The van der Waals surface area contributed by atoms with Crippen LogP contribution < -0.4 is 5.32 Å². The van der Waals surface area contributed by atoms with Crippen molar-refractivity contribution in [3.05, 3.63) is 11.8 Å². The third-order valence-corrected chi connectivity index (χ3v) is 4.65. The van der Waals surface area contributed by atoms with Gasteiger partial charge in [-0.3, -0.25) is 0 Å². The van der Waals surface area contributed by atoms with Crippen LogP contribution in [0.1, 0.15) is 59.3 Å². The molecule has 0 radical (unpaired) electrons. The van der Waals surface area contributed by atoms with Crippen LogP contribution in [0, 0.1) is 11.3 Å². The summed E-state index contributed by atoms with van der Waals surface area (Å²) in [5, 5.41) is 3.74. The zero-order chi connectivity index (χ0) is 13.0. The van der Waals surface area contributed by atoms with Gasteiger partial charge in [0.2, 0.25) is 0 Å². The van der Waals surface area contributed by atoms with Crippen LogP contribution in [0.25, 0.3) is 0 Å². The van der Waals surface area contributed by atoms with Crippen LogP contribution in [-0.2, 0) is 4.74 Å². The maximum atomic E-state index is 5.86. The molecule has 0 spiro atoms. The molecule has 18 heavy (non-hydrogen) atoms. The van der Waals surface area contributed by atoms with Gasteiger partial charge in [0.25, 0.3) is 0 Å². The van der Waals surface area contributed by atoms with Gasteiger partial charge in [0.05, 0.1) is 12.6 Å². The minimum atomic E-state index is 0.441. The smallest absolute Gasteiger partial charge is 0.109 e. The lowest BCUT2D eigenvalue weighted by molar-refractivity contribution is 0.0830. The van der Waals surface area contributed by atoms with E-state index in [0.717, 1.165) is 25.5 Å². The second-order valence-electron chi connectivity index (χ2n) is 6.52. The Kier molecular flexibility index (Phi) is 4.71. The largest absolute Gasteiger partial charge is 0.496 e. The molecule has 1 aliphatic carbocycles. The molecule has 2 atom stereocenters. The summed E-state index contributed by atoms with van der Waals surface area (Å²) in [6.07, 6.45) is 10.1. The highest BCUT2D eigenvalue weighted by Gasteiger charge is 2.39. The number of hydrogen-bond donors (Lipinski definition) is 1. The third-order valence-electron chi connectivity index (χ3n) is 4.65. The van der Waals surface area contributed by atoms with Crippen LogP contribution in [0.2, 0.25) is 0 Å². The first-order valence-electron chi connectivity index (χ1n) is 7.71. The topological polar surface area (TPSA) is 21.3 Å². The van der Waals surface area contributed by atoms with Crippen molar-refractivity contribution in [2.45, 2.75) is 65.3 Å². The van der Waals surface area contributed by atoms with Gasteiger partial charge in [-0.05, 0) is 43.2 Å². The van der Waals surface area contributed by atoms with Crippen molar-refractivity contribution in [2.75, 3.05) is 13.2 Å². The van der Waals surface area contributed by atoms with Gasteiger partial charge in [-0.25, -0.2) is 0 Å². The Morgan fingerprint density at radius 3 is 2.89 bits per heavy atom. The van der Waals surface area contributed by atoms with Crippen molar-refractivity contribution < 1.29 is 4.74 Å². The molecule has 2 aliphatic rings. The molecule has 0 aromatic heterocycles. The number of nitrogens with one attached hydrogen (secondary N) is 1. The van der Waals surface area contributed by atoms with E-state index in [2.05, 4.69) is 32.2 Å². The molecule has 0 aromatic rings. The Bertz CT molecular complexity index is 295. The number of hydrogen-bond acceptors (Lipinski definition) is 2. The SMILES string of the molecule is CCCNC(C1=CCCO1)C1CCCCC1(C)C. The highest BCUT2D eigenvalue weighted by molar-refractivity contribution is 5.11. The predicted octanol–water partition coefficient (Wildman–Crippen LogP) is 3.88. The summed E-state index contributed by atoms with van der Waals surface area (Å²) in [6, 6.07) is 0.447. The summed E-state index contributed by atoms with van der Waals surface area (Å²) in [7, 11) is 0. The van der Waals surface area contributed by atoms with Gasteiger partial charge < -0.3 is 10.1 Å². The van der Waals surface area contributed by atoms with Gasteiger partial charge >= 0.3 is 0 Å². The average molecular weight is 251 g/mol. The summed E-state index contributed by atoms with van der Waals surface area (Å²) < 4.78 is 5.86. The average Bonchev–Trinajstić information content (AvgIpc) is 2.85. The van der Waals surface area contributed by atoms with E-state index in [4.69, 9.17) is 4.74 Å². The van der Waals surface area contributed by atoms with E-state index in [1.54, 1.807) is 0 Å². The van der Waals surface area contributed by atoms with Crippen LogP contribution in [0.15, 0.2) is 11.8 Å². The first-order chi connectivity index (χ1) is 8.65. The minimum Gasteiger partial charge on any atom is -0.496 e. The summed E-state index contributed by atoms with van der Waals surface area (Å²) in [4.78, 5) is 0. The van der Waals surface area contributed by atoms with Crippen molar-refractivity contribution >= 4 is 0 Å². The minimum absolute atomic E-state index is 0.441. The van der Waals surface area contributed by atoms with Crippen LogP contribution in [0.4, 0.5) is 0 Å². The van der Waals surface area contributed by atoms with E-state index in [0.29, 0.717) is 11.5 Å². The summed E-state index contributed by atoms with van der Waals surface area (Å²) in [5.74, 6) is 1.95. The Morgan fingerprint density at radius 1 is 1.44 bits per heavy atom. The Balaban J connectivity index is 2.11. The molecule has 2 rings (SSSR count). The first kappa shape index (κ1) is 13.9. The van der Waals surface area contributed by atoms with Crippen molar-refractivity contribution in [3.8, 4) is 0 Å². The second-order valence-corrected chi connectivity index (χ2v) is 6.52. The fraction of sp³-hybridized carbons (Fsp3) is 0.875. The molecule has 1 saturated carbocycles. The highest BCUT2D eigenvalue weighted by atomic mass is 16.5. The van der Waals surface area contributed by atoms with Gasteiger partial charge in [0, 0.05) is 6.42 Å². The first-order valence-corrected chi connectivity index (χ1v) is 7.71. The molecule has 1 heterocycles. The zero-order valence-electron chi connectivity index (χ0n) is 12.3. The molecule has 2 nitrogen and oxygen atoms in total. The molecule has 1 N–H and O–H groups in total. The van der Waals surface area contributed by atoms with Gasteiger partial charge in [0.1, 0.15) is 5.76 Å². The summed E-state index contributed by atoms with van der Waals surface area (Å²) >= 11 is 0. The van der Waals surface area contributed by atoms with Gasteiger partial charge in [-0.1, -0.05) is 33.6 Å². The summed E-state index contributed by atoms with van der Waals surface area (Å²) in [6.45, 7) is 9.09. The lowest BCUT2D eigenvalue weighted by atomic mass is 9.65. The molecule has 0 amide bonds. The molecule has 0 aromatic carbocycles. The summed E-state index contributed by atoms with van der Waals surface area (Å²) in [5.41, 5.74) is 0.441. The Morgan fingerprint density at radius 2 is 2.28 bits per heavy atom. The van der Waals surface area contributed by atoms with Gasteiger partial charge in [0.15, 0.2) is 0 Å². The van der Waals surface area contributed by atoms with E-state index in [1.807, 2.05) is 0 Å². The van der Waals surface area contributed by atoms with E-state index in [-0.39, 0.29) is 0 Å². The molecular weight excluding hydrogens is 222 g/mol. The monoisotopic (exact) mass is 251 g/mol. The molecule has 1 fully saturated rings. The normalized spacial score (nSPS) is 28.6. The molecule has 0 saturated heterocycles. The fourth-order valence-electron chi connectivity index (χ4n) is 3.53. The molecule has 2 heteroatoms. The van der Waals surface area contributed by atoms with Gasteiger partial charge in [-0.15, -0.1) is 0 Å². The van der Waals surface area contributed by atoms with E-state index in [9.17, 15) is 0 Å². The molecule has 0 bridgehead atoms. The zero-order valence-corrected chi connectivity index (χ0v) is 12.3. The number of ether oxygens (including phenoxy) is 1. The Labute approximate surface area is 112 Å². The lowest BCUT2D eigenvalue weighted by Crippen LogP contribution is -2.46. The molecular formula is C16H29NO. The van der Waals surface area contributed by atoms with E-state index in [1.165, 1.54) is 37.9 Å². The lowest BCUT2D eigenvalue weighted by Gasteiger charge is -2.43. The molecule has 2 unspecified atom stereocenters. The molecule has 1 aliphatic heterocycles. The molecule has 104 valence electrons. The van der Waals surface area contributed by atoms with Crippen molar-refractivity contribution in [1.82, 2.24) is 5.32 Å². The predicted molar refractivity (Wildman–Crippen MR) is 76.5 cm³/mol. The third kappa shape index (κ3) is 3.09. The standard InChI is InChI=1S/C16H29NO/c1-4-11-17-15(14-9-7-12-18-14)13-8-5-6-10-16(13,2)3/h9,13,15,17H,4-8,10-12H2,1-3H3. The fourth-order valence-corrected chi connectivity index (χ4v) is 3.53.